The van der Waals surface area contributed by atoms with Gasteiger partial charge in [0.2, 0.25) is 0 Å². The summed E-state index contributed by atoms with van der Waals surface area (Å²) in [4.78, 5) is 0. The van der Waals surface area contributed by atoms with Crippen molar-refractivity contribution in [3.05, 3.63) is 81.4 Å². The van der Waals surface area contributed by atoms with E-state index in [1.54, 1.807) is 11.1 Å². The van der Waals surface area contributed by atoms with Gasteiger partial charge in [0.05, 0.1) is 0 Å². The summed E-state index contributed by atoms with van der Waals surface area (Å²) < 4.78 is 1.72. The monoisotopic (exact) mass is 552 g/mol. The van der Waals surface area contributed by atoms with E-state index in [-0.39, 0.29) is 32.7 Å². The normalized spacial score (nSPS) is 24.0. The Kier molecular flexibility index (Phi) is 6.11. The van der Waals surface area contributed by atoms with Crippen molar-refractivity contribution in [3.8, 4) is 0 Å². The first-order chi connectivity index (χ1) is 11.4. The molecule has 2 aromatic rings. The van der Waals surface area contributed by atoms with Gasteiger partial charge >= 0.3 is 151 Å². The molecule has 0 bridgehead atoms. The molecular weight excluding hydrogens is 533 g/mol. The van der Waals surface area contributed by atoms with E-state index in [1.165, 1.54) is 23.7 Å². The van der Waals surface area contributed by atoms with Crippen LogP contribution in [0, 0.1) is 0 Å². The zero-order valence-corrected chi connectivity index (χ0v) is 20.0. The van der Waals surface area contributed by atoms with Crippen LogP contribution in [0.5, 0.6) is 0 Å². The first kappa shape index (κ1) is 19.6. The van der Waals surface area contributed by atoms with Crippen LogP contribution in [0.1, 0.15) is 42.9 Å². The van der Waals surface area contributed by atoms with E-state index in [1.807, 2.05) is 10.6 Å². The number of rotatable bonds is 2. The smallest absolute Gasteiger partial charge is 1.00 e. The Morgan fingerprint density at radius 2 is 1.28 bits per heavy atom. The molecule has 0 radical (unpaired) electrons. The molecule has 0 amide bonds. The molecule has 126 valence electrons. The van der Waals surface area contributed by atoms with Crippen molar-refractivity contribution >= 4 is 20.1 Å². The minimum Gasteiger partial charge on any atom is -1.00 e. The van der Waals surface area contributed by atoms with Gasteiger partial charge in [0.1, 0.15) is 0 Å². The van der Waals surface area contributed by atoms with Crippen molar-refractivity contribution in [3.63, 3.8) is 0 Å². The Morgan fingerprint density at radius 1 is 0.800 bits per heavy atom. The largest absolute Gasteiger partial charge is 1.00 e. The predicted molar refractivity (Wildman–Crippen MR) is 96.4 cm³/mol. The van der Waals surface area contributed by atoms with Gasteiger partial charge in [-0.3, -0.25) is 0 Å². The minimum atomic E-state index is -0.817. The maximum absolute atomic E-state index is 2.58. The summed E-state index contributed by atoms with van der Waals surface area (Å²) in [6, 6.07) is 18.4. The molecule has 1 heterocycles. The first-order valence-corrected chi connectivity index (χ1v) is 14.2. The van der Waals surface area contributed by atoms with E-state index in [4.69, 9.17) is 0 Å². The van der Waals surface area contributed by atoms with Crippen LogP contribution in [0.15, 0.2) is 59.2 Å². The fourth-order valence-corrected chi connectivity index (χ4v) is 17.8. The summed E-state index contributed by atoms with van der Waals surface area (Å²) in [6.45, 7) is 2.36. The van der Waals surface area contributed by atoms with Gasteiger partial charge in [-0.05, 0) is 0 Å². The summed E-state index contributed by atoms with van der Waals surface area (Å²) >= 11 is -0.817. The second-order valence-electron chi connectivity index (χ2n) is 6.58. The van der Waals surface area contributed by atoms with Crippen LogP contribution >= 0.6 is 7.92 Å². The summed E-state index contributed by atoms with van der Waals surface area (Å²) in [7, 11) is -0.0745. The summed E-state index contributed by atoms with van der Waals surface area (Å²) in [5.41, 5.74) is 6.38. The minimum absolute atomic E-state index is 0. The van der Waals surface area contributed by atoms with Gasteiger partial charge in [-0.2, -0.15) is 0 Å². The number of fused-ring (bicyclic) bond motifs is 6. The third kappa shape index (κ3) is 3.06. The third-order valence-electron chi connectivity index (χ3n) is 5.22. The van der Waals surface area contributed by atoms with Crippen LogP contribution in [0.3, 0.4) is 0 Å². The molecular formula is C21H19Cl2HfP. The summed E-state index contributed by atoms with van der Waals surface area (Å²) in [5, 5.41) is 3.67. The number of benzene rings is 2. The summed E-state index contributed by atoms with van der Waals surface area (Å²) in [6.07, 6.45) is 7.84. The molecule has 2 atom stereocenters. The SMILES string of the molecule is CCCP1C2=Cc3ccccc3[CH]2[Hf+2][CH]2C1=Cc1ccccc12.[Cl-].[Cl-]. The van der Waals surface area contributed by atoms with Gasteiger partial charge in [-0.15, -0.1) is 0 Å². The molecule has 4 heteroatoms. The van der Waals surface area contributed by atoms with Gasteiger partial charge in [-0.25, -0.2) is 0 Å². The Bertz CT molecular complexity index is 791. The van der Waals surface area contributed by atoms with Gasteiger partial charge in [0, 0.05) is 0 Å². The number of hydrogen-bond donors (Lipinski definition) is 0. The molecule has 2 aliphatic carbocycles. The van der Waals surface area contributed by atoms with Gasteiger partial charge in [-0.1, -0.05) is 0 Å². The Hall–Kier alpha value is -0.200. The third-order valence-corrected chi connectivity index (χ3v) is 16.7. The standard InChI is InChI=1S/C21H19P.2ClH.Hf/c1-2-11-22(20-12-16-7-3-4-8-17(16)13-20)21-14-18-9-5-6-10-19(18)15-21;;;/h3-10,12-15H,2,11H2,1H3;2*1H;/q;;;+2/p-2. The quantitative estimate of drug-likeness (QED) is 0.369. The zero-order valence-electron chi connectivity index (χ0n) is 14.0. The van der Waals surface area contributed by atoms with E-state index in [9.17, 15) is 0 Å². The van der Waals surface area contributed by atoms with Crippen molar-refractivity contribution in [1.29, 1.82) is 0 Å². The molecule has 25 heavy (non-hydrogen) atoms. The van der Waals surface area contributed by atoms with Crippen LogP contribution in [0.4, 0.5) is 0 Å². The van der Waals surface area contributed by atoms with E-state index < -0.39 is 22.9 Å². The van der Waals surface area contributed by atoms with Crippen molar-refractivity contribution < 1.29 is 47.7 Å². The predicted octanol–water partition coefficient (Wildman–Crippen LogP) is 0.174. The van der Waals surface area contributed by atoms with Crippen LogP contribution < -0.4 is 24.8 Å². The van der Waals surface area contributed by atoms with Gasteiger partial charge in [0.25, 0.3) is 0 Å². The molecule has 1 fully saturated rings. The Balaban J connectivity index is 0.000000911. The van der Waals surface area contributed by atoms with Gasteiger partial charge in [0.15, 0.2) is 0 Å². The van der Waals surface area contributed by atoms with Crippen molar-refractivity contribution in [2.24, 2.45) is 0 Å². The molecule has 2 aromatic carbocycles. The molecule has 3 aliphatic rings. The zero-order chi connectivity index (χ0) is 15.4. The molecule has 0 aromatic heterocycles. The maximum Gasteiger partial charge on any atom is -1.00 e. The molecule has 2 unspecified atom stereocenters. The summed E-state index contributed by atoms with van der Waals surface area (Å²) in [5.74, 6) is 0. The molecule has 0 saturated carbocycles. The van der Waals surface area contributed by atoms with Crippen LogP contribution in [-0.4, -0.2) is 6.16 Å². The van der Waals surface area contributed by atoms with E-state index in [0.29, 0.717) is 0 Å². The van der Waals surface area contributed by atoms with Crippen molar-refractivity contribution in [2.45, 2.75) is 20.7 Å². The number of allylic oxidation sites excluding steroid dienone is 2. The van der Waals surface area contributed by atoms with Crippen LogP contribution in [0.2, 0.25) is 0 Å². The molecule has 0 spiro atoms. The van der Waals surface area contributed by atoms with Gasteiger partial charge < -0.3 is 24.8 Å². The number of halogens is 2. The van der Waals surface area contributed by atoms with Crippen molar-refractivity contribution in [2.75, 3.05) is 6.16 Å². The van der Waals surface area contributed by atoms with Crippen LogP contribution in [-0.2, 0) is 22.9 Å². The van der Waals surface area contributed by atoms with Crippen molar-refractivity contribution in [1.82, 2.24) is 0 Å². The average Bonchev–Trinajstić information content (AvgIpc) is 3.14. The molecule has 1 saturated heterocycles. The molecule has 0 N–H and O–H groups in total. The Labute approximate surface area is 175 Å². The molecule has 5 rings (SSSR count). The Morgan fingerprint density at radius 3 is 1.76 bits per heavy atom. The average molecular weight is 552 g/mol. The number of hydrogen-bond acceptors (Lipinski definition) is 0. The van der Waals surface area contributed by atoms with E-state index in [0.717, 1.165) is 7.35 Å². The second kappa shape index (κ2) is 7.81. The second-order valence-corrected chi connectivity index (χ2v) is 14.3. The fraction of sp³-hybridized carbons (Fsp3) is 0.238. The molecule has 1 aliphatic heterocycles. The first-order valence-electron chi connectivity index (χ1n) is 8.51. The molecule has 0 nitrogen and oxygen atoms in total. The topological polar surface area (TPSA) is 0 Å². The fourth-order valence-electron chi connectivity index (χ4n) is 4.23. The maximum atomic E-state index is 2.58. The van der Waals surface area contributed by atoms with E-state index >= 15 is 0 Å². The van der Waals surface area contributed by atoms with Crippen LogP contribution in [0.25, 0.3) is 12.2 Å². The van der Waals surface area contributed by atoms with E-state index in [2.05, 4.69) is 67.6 Å².